The lowest BCUT2D eigenvalue weighted by Crippen LogP contribution is -2.35. The molecule has 0 aliphatic carbocycles. The van der Waals surface area contributed by atoms with Crippen LogP contribution in [0, 0.1) is 0 Å². The average Bonchev–Trinajstić information content (AvgIpc) is 2.73. The summed E-state index contributed by atoms with van der Waals surface area (Å²) in [6.07, 6.45) is 8.44. The fraction of sp³-hybridized carbons (Fsp3) is 0.125. The molecule has 0 amide bonds. The van der Waals surface area contributed by atoms with Gasteiger partial charge in [0.15, 0.2) is 0 Å². The van der Waals surface area contributed by atoms with E-state index in [1.54, 1.807) is 14.2 Å². The molecule has 0 aliphatic rings. The van der Waals surface area contributed by atoms with E-state index in [9.17, 15) is 0 Å². The number of ether oxygens (including phenoxy) is 2. The molecule has 0 unspecified atom stereocenters. The van der Waals surface area contributed by atoms with Crippen molar-refractivity contribution in [2.75, 3.05) is 14.2 Å². The number of benzene rings is 2. The minimum atomic E-state index is 0.864. The van der Waals surface area contributed by atoms with Gasteiger partial charge in [0.1, 0.15) is 18.5 Å². The van der Waals surface area contributed by atoms with Crippen molar-refractivity contribution in [1.29, 1.82) is 0 Å². The van der Waals surface area contributed by atoms with Crippen LogP contribution in [0.2, 0.25) is 0 Å². The zero-order chi connectivity index (χ0) is 19.1. The molecule has 2 aromatic carbocycles. The summed E-state index contributed by atoms with van der Waals surface area (Å²) in [6, 6.07) is 22.3. The molecular weight excluding hydrogens is 334 g/mol. The van der Waals surface area contributed by atoms with Crippen molar-refractivity contribution >= 4 is 24.3 Å². The molecule has 1 aromatic heterocycles. The minimum absolute atomic E-state index is 0.864. The van der Waals surface area contributed by atoms with Gasteiger partial charge in [0.2, 0.25) is 11.4 Å². The third-order valence-electron chi connectivity index (χ3n) is 4.43. The summed E-state index contributed by atoms with van der Waals surface area (Å²) in [5.74, 6) is 1.73. The summed E-state index contributed by atoms with van der Waals surface area (Å²) in [5, 5.41) is 0. The van der Waals surface area contributed by atoms with E-state index in [2.05, 4.69) is 54.1 Å². The third kappa shape index (κ3) is 4.85. The maximum absolute atomic E-state index is 5.20. The quantitative estimate of drug-likeness (QED) is 0.587. The molecule has 0 saturated carbocycles. The van der Waals surface area contributed by atoms with Crippen molar-refractivity contribution in [1.82, 2.24) is 0 Å². The van der Waals surface area contributed by atoms with E-state index in [4.69, 9.17) is 9.47 Å². The van der Waals surface area contributed by atoms with Crippen molar-refractivity contribution in [3.63, 3.8) is 0 Å². The molecule has 0 atom stereocenters. The largest absolute Gasteiger partial charge is 0.497 e. The molecule has 0 fully saturated rings. The molecule has 27 heavy (non-hydrogen) atoms. The molecule has 1 heterocycles. The molecule has 3 nitrogen and oxygen atoms in total. The van der Waals surface area contributed by atoms with Gasteiger partial charge in [-0.2, -0.15) is 4.57 Å². The Bertz CT molecular complexity index is 863. The van der Waals surface area contributed by atoms with Crippen LogP contribution in [0.4, 0.5) is 0 Å². The molecule has 3 aromatic rings. The Hall–Kier alpha value is -3.33. The molecule has 136 valence electrons. The monoisotopic (exact) mass is 358 g/mol. The predicted molar refractivity (Wildman–Crippen MR) is 111 cm³/mol. The van der Waals surface area contributed by atoms with Crippen LogP contribution in [0.3, 0.4) is 0 Å². The fourth-order valence-corrected chi connectivity index (χ4v) is 2.75. The number of hydrogen-bond donors (Lipinski definition) is 0. The van der Waals surface area contributed by atoms with Crippen LogP contribution in [-0.4, -0.2) is 14.2 Å². The SMILES string of the molecule is COc1ccc(/C=C/c2cccc(/C=C/c3ccc(OC)cc3)[n+]2C)cc1. The summed E-state index contributed by atoms with van der Waals surface area (Å²) >= 11 is 0. The molecule has 0 radical (unpaired) electrons. The highest BCUT2D eigenvalue weighted by Gasteiger charge is 2.07. The Morgan fingerprint density at radius 1 is 0.593 bits per heavy atom. The van der Waals surface area contributed by atoms with Gasteiger partial charge in [-0.05, 0) is 53.6 Å². The van der Waals surface area contributed by atoms with Crippen molar-refractivity contribution in [3.05, 3.63) is 89.2 Å². The summed E-state index contributed by atoms with van der Waals surface area (Å²) < 4.78 is 12.6. The summed E-state index contributed by atoms with van der Waals surface area (Å²) in [7, 11) is 5.42. The third-order valence-corrected chi connectivity index (χ3v) is 4.43. The van der Waals surface area contributed by atoms with Crippen LogP contribution in [0.25, 0.3) is 24.3 Å². The second kappa shape index (κ2) is 8.86. The van der Waals surface area contributed by atoms with Gasteiger partial charge < -0.3 is 9.47 Å². The number of pyridine rings is 1. The first-order chi connectivity index (χ1) is 13.2. The highest BCUT2D eigenvalue weighted by molar-refractivity contribution is 5.69. The van der Waals surface area contributed by atoms with Crippen LogP contribution >= 0.6 is 0 Å². The highest BCUT2D eigenvalue weighted by Crippen LogP contribution is 2.15. The van der Waals surface area contributed by atoms with Crippen LogP contribution in [0.15, 0.2) is 66.7 Å². The van der Waals surface area contributed by atoms with E-state index < -0.39 is 0 Å². The van der Waals surface area contributed by atoms with Crippen LogP contribution in [-0.2, 0) is 7.05 Å². The van der Waals surface area contributed by atoms with Gasteiger partial charge >= 0.3 is 0 Å². The molecule has 0 aliphatic heterocycles. The van der Waals surface area contributed by atoms with Gasteiger partial charge in [0, 0.05) is 24.3 Å². The molecular formula is C24H24NO2+. The second-order valence-electron chi connectivity index (χ2n) is 6.15. The first-order valence-corrected chi connectivity index (χ1v) is 8.83. The number of methoxy groups -OCH3 is 2. The molecule has 3 heteroatoms. The van der Waals surface area contributed by atoms with Gasteiger partial charge in [-0.15, -0.1) is 0 Å². The summed E-state index contributed by atoms with van der Waals surface area (Å²) in [4.78, 5) is 0. The maximum Gasteiger partial charge on any atom is 0.205 e. The first-order valence-electron chi connectivity index (χ1n) is 8.83. The Labute approximate surface area is 160 Å². The van der Waals surface area contributed by atoms with Gasteiger partial charge in [-0.3, -0.25) is 0 Å². The second-order valence-corrected chi connectivity index (χ2v) is 6.15. The molecule has 0 saturated heterocycles. The van der Waals surface area contributed by atoms with Crippen molar-refractivity contribution < 1.29 is 14.0 Å². The number of nitrogens with zero attached hydrogens (tertiary/aromatic N) is 1. The zero-order valence-electron chi connectivity index (χ0n) is 15.9. The fourth-order valence-electron chi connectivity index (χ4n) is 2.75. The molecule has 0 spiro atoms. The topological polar surface area (TPSA) is 22.3 Å². The van der Waals surface area contributed by atoms with Gasteiger partial charge in [-0.1, -0.05) is 24.3 Å². The van der Waals surface area contributed by atoms with E-state index in [-0.39, 0.29) is 0 Å². The lowest BCUT2D eigenvalue weighted by Gasteiger charge is -2.01. The molecule has 0 bridgehead atoms. The van der Waals surface area contributed by atoms with Crippen molar-refractivity contribution in [2.45, 2.75) is 0 Å². The lowest BCUT2D eigenvalue weighted by molar-refractivity contribution is -0.675. The van der Waals surface area contributed by atoms with Crippen LogP contribution in [0.1, 0.15) is 22.5 Å². The summed E-state index contributed by atoms with van der Waals surface area (Å²) in [5.41, 5.74) is 4.52. The van der Waals surface area contributed by atoms with Crippen LogP contribution < -0.4 is 14.0 Å². The maximum atomic E-state index is 5.20. The number of hydrogen-bond acceptors (Lipinski definition) is 2. The minimum Gasteiger partial charge on any atom is -0.497 e. The van der Waals surface area contributed by atoms with Gasteiger partial charge in [0.05, 0.1) is 14.2 Å². The summed E-state index contributed by atoms with van der Waals surface area (Å²) in [6.45, 7) is 0. The van der Waals surface area contributed by atoms with Crippen molar-refractivity contribution in [2.24, 2.45) is 7.05 Å². The molecule has 3 rings (SSSR count). The van der Waals surface area contributed by atoms with Gasteiger partial charge in [0.25, 0.3) is 0 Å². The highest BCUT2D eigenvalue weighted by atomic mass is 16.5. The molecule has 0 N–H and O–H groups in total. The Morgan fingerprint density at radius 3 is 1.37 bits per heavy atom. The van der Waals surface area contributed by atoms with E-state index >= 15 is 0 Å². The predicted octanol–water partition coefficient (Wildman–Crippen LogP) is 4.87. The van der Waals surface area contributed by atoms with Crippen LogP contribution in [0.5, 0.6) is 11.5 Å². The lowest BCUT2D eigenvalue weighted by atomic mass is 10.1. The zero-order valence-corrected chi connectivity index (χ0v) is 15.9. The Balaban J connectivity index is 1.78. The van der Waals surface area contributed by atoms with E-state index in [0.717, 1.165) is 34.0 Å². The normalized spacial score (nSPS) is 11.2. The van der Waals surface area contributed by atoms with E-state index in [1.165, 1.54) is 0 Å². The first kappa shape index (κ1) is 18.5. The van der Waals surface area contributed by atoms with Gasteiger partial charge in [-0.25, -0.2) is 0 Å². The Morgan fingerprint density at radius 2 is 1.00 bits per heavy atom. The van der Waals surface area contributed by atoms with E-state index in [1.807, 2.05) is 48.5 Å². The number of rotatable bonds is 6. The average molecular weight is 358 g/mol. The van der Waals surface area contributed by atoms with E-state index in [0.29, 0.717) is 0 Å². The standard InChI is InChI=1S/C24H24NO2/c1-25-21(13-7-19-9-15-23(26-2)16-10-19)5-4-6-22(25)14-8-20-11-17-24(27-3)18-12-20/h4-18H,1-3H3/q+1/b13-7+,14-8+. The van der Waals surface area contributed by atoms with Crippen molar-refractivity contribution in [3.8, 4) is 11.5 Å². The smallest absolute Gasteiger partial charge is 0.205 e. The Kier molecular flexibility index (Phi) is 6.06. The number of aromatic nitrogens is 1.